The minimum atomic E-state index is -2.53. The Balaban J connectivity index is -0.000000442. The van der Waals surface area contributed by atoms with Crippen molar-refractivity contribution in [2.75, 3.05) is 41.7 Å². The van der Waals surface area contributed by atoms with Crippen LogP contribution in [0.1, 0.15) is 40.0 Å². The smallest absolute Gasteiger partial charge is 0.466 e. The van der Waals surface area contributed by atoms with Crippen molar-refractivity contribution in [2.45, 2.75) is 46.1 Å². The molecule has 0 heterocycles. The Morgan fingerprint density at radius 3 is 1.59 bits per heavy atom. The lowest BCUT2D eigenvalue weighted by atomic mass is 10.4. The molecule has 0 aromatic rings. The van der Waals surface area contributed by atoms with Gasteiger partial charge in [-0.05, 0) is 26.7 Å². The van der Waals surface area contributed by atoms with Crippen LogP contribution in [0.3, 0.4) is 0 Å². The van der Waals surface area contributed by atoms with Crippen molar-refractivity contribution in [3.8, 4) is 0 Å². The molecule has 0 bridgehead atoms. The number of ether oxygens (including phenoxy) is 3. The monoisotopic (exact) mass is 476 g/mol. The largest absolute Gasteiger partial charge is 0.500 e. The van der Waals surface area contributed by atoms with E-state index in [1.54, 1.807) is 35.2 Å². The van der Waals surface area contributed by atoms with Gasteiger partial charge in [-0.15, -0.1) is 0 Å². The minimum absolute atomic E-state index is 0.316. The van der Waals surface area contributed by atoms with Crippen molar-refractivity contribution in [3.05, 3.63) is 37.0 Å². The third kappa shape index (κ3) is 19.7. The van der Waals surface area contributed by atoms with Gasteiger partial charge in [-0.2, -0.15) is 0 Å². The van der Waals surface area contributed by atoms with E-state index in [-0.39, 0.29) is 17.9 Å². The maximum Gasteiger partial charge on any atom is 0.500 e. The maximum atomic E-state index is 11.1. The second-order valence-corrected chi connectivity index (χ2v) is 9.40. The Hall–Kier alpha value is -2.27. The van der Waals surface area contributed by atoms with Crippen molar-refractivity contribution in [1.82, 2.24) is 0 Å². The summed E-state index contributed by atoms with van der Waals surface area (Å²) in [5.74, 6) is -1.05. The summed E-state index contributed by atoms with van der Waals surface area (Å²) in [5, 5.41) is 0. The van der Waals surface area contributed by atoms with Crippen molar-refractivity contribution < 1.29 is 41.9 Å². The second kappa shape index (κ2) is 21.9. The van der Waals surface area contributed by atoms with Crippen LogP contribution in [0.5, 0.6) is 0 Å². The topological polar surface area (TPSA) is 107 Å². The molecular formula is C22H40O9Si. The summed E-state index contributed by atoms with van der Waals surface area (Å²) in [7, 11) is 3.46. The Morgan fingerprint density at radius 1 is 0.812 bits per heavy atom. The fraction of sp³-hybridized carbons (Fsp3) is 0.591. The van der Waals surface area contributed by atoms with Gasteiger partial charge in [0.25, 0.3) is 0 Å². The van der Waals surface area contributed by atoms with Crippen LogP contribution in [0.4, 0.5) is 0 Å². The summed E-state index contributed by atoms with van der Waals surface area (Å²) in [6.07, 6.45) is 3.79. The van der Waals surface area contributed by atoms with Gasteiger partial charge in [0.15, 0.2) is 0 Å². The van der Waals surface area contributed by atoms with Gasteiger partial charge >= 0.3 is 26.7 Å². The van der Waals surface area contributed by atoms with Crippen molar-refractivity contribution in [1.29, 1.82) is 0 Å². The van der Waals surface area contributed by atoms with Crippen LogP contribution in [0, 0.1) is 0 Å². The van der Waals surface area contributed by atoms with E-state index in [1.807, 2.05) is 6.92 Å². The van der Waals surface area contributed by atoms with Gasteiger partial charge in [-0.3, -0.25) is 0 Å². The summed E-state index contributed by atoms with van der Waals surface area (Å²) in [4.78, 5) is 31.6. The van der Waals surface area contributed by atoms with Gasteiger partial charge in [0.05, 0.1) is 20.3 Å². The molecule has 0 saturated carbocycles. The van der Waals surface area contributed by atoms with E-state index in [1.165, 1.54) is 13.2 Å². The van der Waals surface area contributed by atoms with Gasteiger partial charge < -0.3 is 27.5 Å². The van der Waals surface area contributed by atoms with E-state index in [0.717, 1.165) is 12.8 Å². The number of unbranched alkanes of at least 4 members (excludes halogenated alkanes) is 1. The summed E-state index contributed by atoms with van der Waals surface area (Å²) in [5.41, 5.74) is 0.830. The molecule has 0 spiro atoms. The van der Waals surface area contributed by atoms with E-state index in [2.05, 4.69) is 29.2 Å². The van der Waals surface area contributed by atoms with Gasteiger partial charge in [0, 0.05) is 44.6 Å². The van der Waals surface area contributed by atoms with E-state index >= 15 is 0 Å². The molecule has 0 aliphatic heterocycles. The fourth-order valence-electron chi connectivity index (χ4n) is 1.68. The van der Waals surface area contributed by atoms with E-state index in [0.29, 0.717) is 36.8 Å². The zero-order chi connectivity index (χ0) is 25.6. The molecular weight excluding hydrogens is 436 g/mol. The van der Waals surface area contributed by atoms with Gasteiger partial charge in [-0.25, -0.2) is 14.4 Å². The lowest BCUT2D eigenvalue weighted by Gasteiger charge is -2.24. The number of carbonyl (C=O) groups excluding carboxylic acids is 3. The Bertz CT molecular complexity index is 576. The highest BCUT2D eigenvalue weighted by atomic mass is 28.4. The van der Waals surface area contributed by atoms with Crippen LogP contribution in [0.25, 0.3) is 0 Å². The predicted octanol–water partition coefficient (Wildman–Crippen LogP) is 3.63. The quantitative estimate of drug-likeness (QED) is 0.129. The van der Waals surface area contributed by atoms with Crippen LogP contribution < -0.4 is 0 Å². The highest BCUT2D eigenvalue weighted by Gasteiger charge is 2.36. The average Bonchev–Trinajstić information content (AvgIpc) is 2.79. The average molecular weight is 477 g/mol. The molecule has 0 atom stereocenters. The predicted molar refractivity (Wildman–Crippen MR) is 125 cm³/mol. The standard InChI is InChI=1S/C10H20O5Si.C7H12O2.C5H8O2/c1-9(2)10(11)15-7-6-8-16(12-3,13-4)14-5;1-3-5-6-9-7(8)4-2;1-4(2)5(6)7-3/h1,6-8H2,2-5H3;4H,2-3,5-6H2,1H3;1H2,2-3H3. The van der Waals surface area contributed by atoms with Gasteiger partial charge in [-0.1, -0.05) is 33.1 Å². The zero-order valence-electron chi connectivity index (χ0n) is 20.6. The summed E-state index contributed by atoms with van der Waals surface area (Å²) < 4.78 is 29.6. The molecule has 9 nitrogen and oxygen atoms in total. The Kier molecular flexibility index (Phi) is 23.5. The molecule has 0 amide bonds. The number of esters is 3. The first-order valence-electron chi connectivity index (χ1n) is 10.0. The number of carbonyl (C=O) groups is 3. The molecule has 0 rings (SSSR count). The van der Waals surface area contributed by atoms with Crippen LogP contribution in [-0.2, 0) is 41.9 Å². The van der Waals surface area contributed by atoms with Crippen LogP contribution in [-0.4, -0.2) is 68.4 Å². The first-order chi connectivity index (χ1) is 15.0. The summed E-state index contributed by atoms with van der Waals surface area (Å²) >= 11 is 0. The SMILES string of the molecule is C=C(C)C(=O)OC.C=C(C)C(=O)OCCC[Si](OC)(OC)OC.C=CC(=O)OCCCC. The normalized spacial score (nSPS) is 9.72. The fourth-order valence-corrected chi connectivity index (χ4v) is 3.37. The lowest BCUT2D eigenvalue weighted by molar-refractivity contribution is -0.139. The minimum Gasteiger partial charge on any atom is -0.466 e. The first kappa shape index (κ1) is 34.3. The van der Waals surface area contributed by atoms with E-state index < -0.39 is 8.80 Å². The Morgan fingerprint density at radius 2 is 1.28 bits per heavy atom. The number of methoxy groups -OCH3 is 1. The molecule has 0 aromatic carbocycles. The number of hydrogen-bond acceptors (Lipinski definition) is 9. The van der Waals surface area contributed by atoms with Crippen molar-refractivity contribution in [3.63, 3.8) is 0 Å². The second-order valence-electron chi connectivity index (χ2n) is 6.31. The Labute approximate surface area is 193 Å². The summed E-state index contributed by atoms with van der Waals surface area (Å²) in [6.45, 7) is 16.2. The van der Waals surface area contributed by atoms with Crippen LogP contribution in [0.2, 0.25) is 6.04 Å². The molecule has 0 aliphatic carbocycles. The van der Waals surface area contributed by atoms with Gasteiger partial charge in [0.1, 0.15) is 0 Å². The molecule has 0 saturated heterocycles. The molecule has 0 unspecified atom stereocenters. The zero-order valence-corrected chi connectivity index (χ0v) is 21.6. The molecule has 0 radical (unpaired) electrons. The molecule has 32 heavy (non-hydrogen) atoms. The van der Waals surface area contributed by atoms with E-state index in [4.69, 9.17) is 18.0 Å². The van der Waals surface area contributed by atoms with E-state index in [9.17, 15) is 14.4 Å². The number of rotatable bonds is 13. The summed E-state index contributed by atoms with van der Waals surface area (Å²) in [6, 6.07) is 0.611. The van der Waals surface area contributed by atoms with Crippen molar-refractivity contribution >= 4 is 26.7 Å². The maximum absolute atomic E-state index is 11.1. The van der Waals surface area contributed by atoms with Crippen LogP contribution >= 0.6 is 0 Å². The van der Waals surface area contributed by atoms with Crippen LogP contribution in [0.15, 0.2) is 37.0 Å². The third-order valence-electron chi connectivity index (χ3n) is 3.58. The molecule has 186 valence electrons. The molecule has 0 aromatic heterocycles. The molecule has 10 heteroatoms. The highest BCUT2D eigenvalue weighted by molar-refractivity contribution is 6.60. The van der Waals surface area contributed by atoms with Crippen molar-refractivity contribution in [2.24, 2.45) is 0 Å². The number of hydrogen-bond donors (Lipinski definition) is 0. The lowest BCUT2D eigenvalue weighted by Crippen LogP contribution is -2.42. The third-order valence-corrected chi connectivity index (χ3v) is 6.42. The molecule has 0 fully saturated rings. The molecule has 0 aliphatic rings. The highest BCUT2D eigenvalue weighted by Crippen LogP contribution is 2.14. The van der Waals surface area contributed by atoms with Gasteiger partial charge in [0.2, 0.25) is 0 Å². The molecule has 0 N–H and O–H groups in total. The first-order valence-corrected chi connectivity index (χ1v) is 11.9.